The van der Waals surface area contributed by atoms with Crippen LogP contribution < -0.4 is 11.1 Å². The molecule has 0 aliphatic rings. The summed E-state index contributed by atoms with van der Waals surface area (Å²) in [5, 5.41) is 2.12. The Balaban J connectivity index is 2.37. The molecule has 7 heteroatoms. The lowest BCUT2D eigenvalue weighted by atomic mass is 10.3. The third-order valence-electron chi connectivity index (χ3n) is 1.64. The van der Waals surface area contributed by atoms with Crippen LogP contribution in [0.1, 0.15) is 16.9 Å². The van der Waals surface area contributed by atoms with Gasteiger partial charge in [-0.1, -0.05) is 0 Å². The summed E-state index contributed by atoms with van der Waals surface area (Å²) in [7, 11) is 0. The number of aromatic amines is 1. The van der Waals surface area contributed by atoms with Crippen LogP contribution in [0.15, 0.2) is 12.3 Å². The average Bonchev–Trinajstić information content (AvgIpc) is 2.49. The molecule has 0 aliphatic carbocycles. The van der Waals surface area contributed by atoms with Gasteiger partial charge in [-0.25, -0.2) is 0 Å². The Bertz CT molecular complexity index is 345. The first-order chi connectivity index (χ1) is 6.88. The molecule has 0 fully saturated rings. The van der Waals surface area contributed by atoms with E-state index in [0.717, 1.165) is 0 Å². The summed E-state index contributed by atoms with van der Waals surface area (Å²) in [5.74, 6) is -0.601. The molecule has 1 aromatic rings. The highest BCUT2D eigenvalue weighted by Crippen LogP contribution is 2.18. The van der Waals surface area contributed by atoms with Gasteiger partial charge in [-0.3, -0.25) is 4.79 Å². The van der Waals surface area contributed by atoms with Crippen molar-refractivity contribution in [3.8, 4) is 0 Å². The molecule has 0 saturated heterocycles. The summed E-state index contributed by atoms with van der Waals surface area (Å²) in [5.41, 5.74) is 5.83. The minimum absolute atomic E-state index is 0.148. The molecule has 0 unspecified atom stereocenters. The largest absolute Gasteiger partial charge is 0.397 e. The van der Waals surface area contributed by atoms with Gasteiger partial charge >= 0.3 is 6.18 Å². The van der Waals surface area contributed by atoms with Crippen LogP contribution >= 0.6 is 0 Å². The fourth-order valence-electron chi connectivity index (χ4n) is 0.955. The minimum atomic E-state index is -4.26. The lowest BCUT2D eigenvalue weighted by Gasteiger charge is -2.06. The van der Waals surface area contributed by atoms with Crippen molar-refractivity contribution >= 4 is 11.6 Å². The molecular weight excluding hydrogens is 211 g/mol. The molecule has 1 heterocycles. The molecule has 0 spiro atoms. The van der Waals surface area contributed by atoms with Crippen LogP contribution in [0.4, 0.5) is 18.9 Å². The fourth-order valence-corrected chi connectivity index (χ4v) is 0.955. The summed E-state index contributed by atoms with van der Waals surface area (Å²) in [6.07, 6.45) is -3.92. The Morgan fingerprint density at radius 3 is 2.67 bits per heavy atom. The molecule has 15 heavy (non-hydrogen) atoms. The van der Waals surface area contributed by atoms with Crippen molar-refractivity contribution in [3.05, 3.63) is 18.0 Å². The maximum absolute atomic E-state index is 11.7. The maximum Gasteiger partial charge on any atom is 0.390 e. The van der Waals surface area contributed by atoms with Gasteiger partial charge in [0.25, 0.3) is 5.91 Å². The van der Waals surface area contributed by atoms with E-state index in [1.54, 1.807) is 0 Å². The number of H-pyrrole nitrogens is 1. The van der Waals surface area contributed by atoms with Crippen molar-refractivity contribution in [2.24, 2.45) is 0 Å². The lowest BCUT2D eigenvalue weighted by molar-refractivity contribution is -0.132. The first-order valence-electron chi connectivity index (χ1n) is 4.17. The summed E-state index contributed by atoms with van der Waals surface area (Å²) in [6, 6.07) is 1.35. The number of aromatic nitrogens is 1. The van der Waals surface area contributed by atoms with E-state index in [9.17, 15) is 18.0 Å². The second-order valence-electron chi connectivity index (χ2n) is 2.97. The molecule has 0 saturated carbocycles. The van der Waals surface area contributed by atoms with Crippen molar-refractivity contribution in [3.63, 3.8) is 0 Å². The van der Waals surface area contributed by atoms with Gasteiger partial charge in [-0.2, -0.15) is 13.2 Å². The SMILES string of the molecule is Nc1c[nH]c(C(=O)NCCC(F)(F)F)c1. The van der Waals surface area contributed by atoms with Crippen molar-refractivity contribution in [1.82, 2.24) is 10.3 Å². The average molecular weight is 221 g/mol. The van der Waals surface area contributed by atoms with Crippen LogP contribution in [-0.4, -0.2) is 23.6 Å². The molecule has 4 N–H and O–H groups in total. The molecule has 0 atom stereocenters. The van der Waals surface area contributed by atoms with Crippen molar-refractivity contribution in [2.75, 3.05) is 12.3 Å². The first kappa shape index (κ1) is 11.4. The Labute approximate surface area is 83.6 Å². The minimum Gasteiger partial charge on any atom is -0.397 e. The molecule has 1 amide bonds. The lowest BCUT2D eigenvalue weighted by Crippen LogP contribution is -2.28. The highest BCUT2D eigenvalue weighted by atomic mass is 19.4. The predicted octanol–water partition coefficient (Wildman–Crippen LogP) is 1.28. The van der Waals surface area contributed by atoms with E-state index in [-0.39, 0.29) is 5.69 Å². The molecule has 0 aliphatic heterocycles. The fraction of sp³-hybridized carbons (Fsp3) is 0.375. The van der Waals surface area contributed by atoms with Crippen LogP contribution in [0.3, 0.4) is 0 Å². The third-order valence-corrected chi connectivity index (χ3v) is 1.64. The number of alkyl halides is 3. The summed E-state index contributed by atoms with van der Waals surface area (Å²) >= 11 is 0. The van der Waals surface area contributed by atoms with Gasteiger partial charge in [-0.15, -0.1) is 0 Å². The van der Waals surface area contributed by atoms with E-state index in [2.05, 4.69) is 10.3 Å². The number of halogens is 3. The van der Waals surface area contributed by atoms with Crippen molar-refractivity contribution < 1.29 is 18.0 Å². The number of hydrogen-bond donors (Lipinski definition) is 3. The Morgan fingerprint density at radius 2 is 2.20 bits per heavy atom. The van der Waals surface area contributed by atoms with Gasteiger partial charge in [0.1, 0.15) is 5.69 Å². The summed E-state index contributed by atoms with van der Waals surface area (Å²) in [4.78, 5) is 13.7. The number of anilines is 1. The zero-order valence-corrected chi connectivity index (χ0v) is 7.69. The molecule has 84 valence electrons. The number of carbonyl (C=O) groups excluding carboxylic acids is 1. The van der Waals surface area contributed by atoms with E-state index in [4.69, 9.17) is 5.73 Å². The molecule has 1 rings (SSSR count). The van der Waals surface area contributed by atoms with E-state index in [0.29, 0.717) is 5.69 Å². The molecule has 0 aromatic carbocycles. The van der Waals surface area contributed by atoms with Gasteiger partial charge in [0, 0.05) is 18.4 Å². The Hall–Kier alpha value is -1.66. The zero-order chi connectivity index (χ0) is 11.5. The predicted molar refractivity (Wildman–Crippen MR) is 48.2 cm³/mol. The van der Waals surface area contributed by atoms with Gasteiger partial charge in [0.05, 0.1) is 6.42 Å². The van der Waals surface area contributed by atoms with Crippen LogP contribution in [0.2, 0.25) is 0 Å². The van der Waals surface area contributed by atoms with Gasteiger partial charge < -0.3 is 16.0 Å². The van der Waals surface area contributed by atoms with Crippen molar-refractivity contribution in [2.45, 2.75) is 12.6 Å². The highest BCUT2D eigenvalue weighted by molar-refractivity contribution is 5.93. The highest BCUT2D eigenvalue weighted by Gasteiger charge is 2.26. The number of carbonyl (C=O) groups is 1. The maximum atomic E-state index is 11.7. The molecule has 1 aromatic heterocycles. The molecule has 0 bridgehead atoms. The second kappa shape index (κ2) is 4.24. The second-order valence-corrected chi connectivity index (χ2v) is 2.97. The molecular formula is C8H10F3N3O. The standard InChI is InChI=1S/C8H10F3N3O/c9-8(10,11)1-2-13-7(15)6-3-5(12)4-14-6/h3-4,14H,1-2,12H2,(H,13,15). The monoisotopic (exact) mass is 221 g/mol. The molecule has 0 radical (unpaired) electrons. The Morgan fingerprint density at radius 1 is 1.53 bits per heavy atom. The number of nitrogens with two attached hydrogens (primary N) is 1. The van der Waals surface area contributed by atoms with E-state index < -0.39 is 25.0 Å². The van der Waals surface area contributed by atoms with Crippen LogP contribution in [0, 0.1) is 0 Å². The first-order valence-corrected chi connectivity index (χ1v) is 4.17. The van der Waals surface area contributed by atoms with Crippen LogP contribution in [0.25, 0.3) is 0 Å². The zero-order valence-electron chi connectivity index (χ0n) is 7.69. The smallest absolute Gasteiger partial charge is 0.390 e. The van der Waals surface area contributed by atoms with E-state index >= 15 is 0 Å². The summed E-state index contributed by atoms with van der Waals surface area (Å²) < 4.78 is 35.2. The van der Waals surface area contributed by atoms with Crippen molar-refractivity contribution in [1.29, 1.82) is 0 Å². The van der Waals surface area contributed by atoms with Gasteiger partial charge in [0.2, 0.25) is 0 Å². The number of nitrogen functional groups attached to an aromatic ring is 1. The topological polar surface area (TPSA) is 70.9 Å². The number of amides is 1. The third kappa shape index (κ3) is 3.92. The van der Waals surface area contributed by atoms with E-state index in [1.165, 1.54) is 12.3 Å². The molecule has 4 nitrogen and oxygen atoms in total. The van der Waals surface area contributed by atoms with E-state index in [1.807, 2.05) is 0 Å². The van der Waals surface area contributed by atoms with Gasteiger partial charge in [-0.05, 0) is 6.07 Å². The number of hydrogen-bond acceptors (Lipinski definition) is 2. The number of nitrogens with one attached hydrogen (secondary N) is 2. The number of rotatable bonds is 3. The van der Waals surface area contributed by atoms with Crippen LogP contribution in [0.5, 0.6) is 0 Å². The van der Waals surface area contributed by atoms with Gasteiger partial charge in [0.15, 0.2) is 0 Å². The van der Waals surface area contributed by atoms with Crippen LogP contribution in [-0.2, 0) is 0 Å². The summed E-state index contributed by atoms with van der Waals surface area (Å²) in [6.45, 7) is -0.443. The quantitative estimate of drug-likeness (QED) is 0.719. The Kier molecular flexibility index (Phi) is 3.23. The normalized spacial score (nSPS) is 11.4.